The summed E-state index contributed by atoms with van der Waals surface area (Å²) in [7, 11) is 0. The van der Waals surface area contributed by atoms with Crippen LogP contribution in [0.2, 0.25) is 0 Å². The summed E-state index contributed by atoms with van der Waals surface area (Å²) >= 11 is 6.53. The molecule has 1 aliphatic carbocycles. The fourth-order valence-electron chi connectivity index (χ4n) is 2.94. The highest BCUT2D eigenvalue weighted by Gasteiger charge is 2.30. The Balaban J connectivity index is 1.74. The van der Waals surface area contributed by atoms with Crippen molar-refractivity contribution in [2.75, 3.05) is 5.32 Å². The number of aromatic nitrogens is 2. The Morgan fingerprint density at radius 1 is 1.15 bits per heavy atom. The van der Waals surface area contributed by atoms with Crippen LogP contribution in [0.1, 0.15) is 17.2 Å². The van der Waals surface area contributed by atoms with E-state index in [1.165, 1.54) is 11.1 Å². The first-order chi connectivity index (χ1) is 9.83. The first-order valence-electron chi connectivity index (χ1n) is 6.73. The number of nitrogens with zero attached hydrogens (tertiary/aromatic N) is 2. The molecule has 0 amide bonds. The number of hydrogen-bond donors (Lipinski definition) is 1. The van der Waals surface area contributed by atoms with E-state index >= 15 is 0 Å². The van der Waals surface area contributed by atoms with E-state index in [-0.39, 0.29) is 11.4 Å². The van der Waals surface area contributed by atoms with Gasteiger partial charge in [0, 0.05) is 12.4 Å². The Morgan fingerprint density at radius 3 is 3.00 bits per heavy atom. The molecule has 3 nitrogen and oxygen atoms in total. The zero-order valence-electron chi connectivity index (χ0n) is 10.8. The van der Waals surface area contributed by atoms with E-state index in [2.05, 4.69) is 40.6 Å². The average Bonchev–Trinajstić information content (AvgIpc) is 3.05. The number of rotatable bonds is 2. The molecule has 0 radical (unpaired) electrons. The zero-order chi connectivity index (χ0) is 13.5. The molecule has 2 unspecified atom stereocenters. The van der Waals surface area contributed by atoms with Gasteiger partial charge in [-0.05, 0) is 29.7 Å². The molecule has 0 saturated carbocycles. The number of halogens is 1. The Morgan fingerprint density at radius 2 is 2.05 bits per heavy atom. The standard InChI is InChI=1S/C16H14ClN3/c17-13-10-11-4-1-2-5-12(11)16(13)19-15-7-3-6-14-18-8-9-20(14)15/h1-9,13,16,19H,10H2. The van der Waals surface area contributed by atoms with Crippen molar-refractivity contribution in [3.05, 3.63) is 66.0 Å². The van der Waals surface area contributed by atoms with Gasteiger partial charge in [-0.1, -0.05) is 30.3 Å². The number of fused-ring (bicyclic) bond motifs is 2. The average molecular weight is 284 g/mol. The van der Waals surface area contributed by atoms with Crippen molar-refractivity contribution >= 4 is 23.1 Å². The van der Waals surface area contributed by atoms with E-state index in [1.54, 1.807) is 6.20 Å². The normalized spacial score (nSPS) is 21.1. The van der Waals surface area contributed by atoms with Gasteiger partial charge in [0.15, 0.2) is 0 Å². The summed E-state index contributed by atoms with van der Waals surface area (Å²) in [5, 5.41) is 3.64. The highest BCUT2D eigenvalue weighted by molar-refractivity contribution is 6.21. The second-order valence-corrected chi connectivity index (χ2v) is 5.67. The molecule has 1 aromatic carbocycles. The molecule has 0 saturated heterocycles. The van der Waals surface area contributed by atoms with E-state index in [0.29, 0.717) is 0 Å². The summed E-state index contributed by atoms with van der Waals surface area (Å²) in [6.45, 7) is 0. The van der Waals surface area contributed by atoms with E-state index in [4.69, 9.17) is 11.6 Å². The number of nitrogens with one attached hydrogen (secondary N) is 1. The number of benzene rings is 1. The van der Waals surface area contributed by atoms with Gasteiger partial charge < -0.3 is 5.32 Å². The van der Waals surface area contributed by atoms with Crippen LogP contribution in [0.25, 0.3) is 5.65 Å². The van der Waals surface area contributed by atoms with Gasteiger partial charge >= 0.3 is 0 Å². The lowest BCUT2D eigenvalue weighted by Gasteiger charge is -2.19. The van der Waals surface area contributed by atoms with Gasteiger partial charge in [0.25, 0.3) is 0 Å². The second-order valence-electron chi connectivity index (χ2n) is 5.11. The molecule has 20 heavy (non-hydrogen) atoms. The molecule has 2 heterocycles. The molecular weight excluding hydrogens is 270 g/mol. The SMILES string of the molecule is ClC1Cc2ccccc2C1Nc1cccc2nccn12. The van der Waals surface area contributed by atoms with Gasteiger partial charge in [-0.15, -0.1) is 11.6 Å². The fraction of sp³-hybridized carbons (Fsp3) is 0.188. The molecule has 100 valence electrons. The lowest BCUT2D eigenvalue weighted by atomic mass is 10.1. The van der Waals surface area contributed by atoms with Crippen molar-refractivity contribution in [3.63, 3.8) is 0 Å². The van der Waals surface area contributed by atoms with Crippen LogP contribution in [-0.2, 0) is 6.42 Å². The molecule has 3 aromatic rings. The molecule has 0 bridgehead atoms. The topological polar surface area (TPSA) is 29.3 Å². The Labute approximate surface area is 122 Å². The maximum absolute atomic E-state index is 6.53. The van der Waals surface area contributed by atoms with Crippen LogP contribution in [-0.4, -0.2) is 14.8 Å². The van der Waals surface area contributed by atoms with Gasteiger partial charge in [0.05, 0.1) is 11.4 Å². The first-order valence-corrected chi connectivity index (χ1v) is 7.17. The number of imidazole rings is 1. The van der Waals surface area contributed by atoms with Crippen molar-refractivity contribution in [2.24, 2.45) is 0 Å². The lowest BCUT2D eigenvalue weighted by Crippen LogP contribution is -2.18. The molecule has 2 atom stereocenters. The van der Waals surface area contributed by atoms with Gasteiger partial charge in [-0.2, -0.15) is 0 Å². The third-order valence-electron chi connectivity index (χ3n) is 3.90. The van der Waals surface area contributed by atoms with Crippen LogP contribution in [0.15, 0.2) is 54.9 Å². The highest BCUT2D eigenvalue weighted by Crippen LogP contribution is 2.37. The molecule has 0 aliphatic heterocycles. The van der Waals surface area contributed by atoms with Crippen molar-refractivity contribution in [1.82, 2.24) is 9.38 Å². The quantitative estimate of drug-likeness (QED) is 0.728. The van der Waals surface area contributed by atoms with E-state index in [0.717, 1.165) is 17.9 Å². The maximum Gasteiger partial charge on any atom is 0.138 e. The number of hydrogen-bond acceptors (Lipinski definition) is 2. The van der Waals surface area contributed by atoms with Crippen molar-refractivity contribution in [3.8, 4) is 0 Å². The minimum Gasteiger partial charge on any atom is -0.363 e. The third-order valence-corrected chi connectivity index (χ3v) is 4.30. The lowest BCUT2D eigenvalue weighted by molar-refractivity contribution is 0.764. The molecule has 2 aromatic heterocycles. The molecule has 4 heteroatoms. The number of pyridine rings is 1. The zero-order valence-corrected chi connectivity index (χ0v) is 11.6. The van der Waals surface area contributed by atoms with Gasteiger partial charge in [0.1, 0.15) is 11.5 Å². The molecule has 0 spiro atoms. The predicted octanol–water partition coefficient (Wildman–Crippen LogP) is 3.65. The summed E-state index contributed by atoms with van der Waals surface area (Å²) < 4.78 is 2.05. The summed E-state index contributed by atoms with van der Waals surface area (Å²) in [4.78, 5) is 4.31. The second kappa shape index (κ2) is 4.53. The molecule has 1 aliphatic rings. The Hall–Kier alpha value is -2.00. The number of alkyl halides is 1. The van der Waals surface area contributed by atoms with Crippen LogP contribution < -0.4 is 5.32 Å². The Kier molecular flexibility index (Phi) is 2.67. The summed E-state index contributed by atoms with van der Waals surface area (Å²) in [5.74, 6) is 1.02. The Bertz CT molecular complexity index is 765. The molecule has 4 rings (SSSR count). The monoisotopic (exact) mass is 283 g/mol. The minimum atomic E-state index is 0.0752. The van der Waals surface area contributed by atoms with Gasteiger partial charge in [-0.25, -0.2) is 4.98 Å². The highest BCUT2D eigenvalue weighted by atomic mass is 35.5. The first kappa shape index (κ1) is 11.8. The minimum absolute atomic E-state index is 0.0752. The van der Waals surface area contributed by atoms with Crippen LogP contribution in [0.5, 0.6) is 0 Å². The molecule has 1 N–H and O–H groups in total. The molecule has 0 fully saturated rings. The van der Waals surface area contributed by atoms with Crippen LogP contribution in [0.4, 0.5) is 5.82 Å². The predicted molar refractivity (Wildman–Crippen MR) is 81.3 cm³/mol. The van der Waals surface area contributed by atoms with Crippen molar-refractivity contribution in [2.45, 2.75) is 17.8 Å². The summed E-state index contributed by atoms with van der Waals surface area (Å²) in [6.07, 6.45) is 4.68. The summed E-state index contributed by atoms with van der Waals surface area (Å²) in [6, 6.07) is 14.6. The van der Waals surface area contributed by atoms with E-state index in [9.17, 15) is 0 Å². The molecular formula is C16H14ClN3. The maximum atomic E-state index is 6.53. The van der Waals surface area contributed by atoms with Crippen LogP contribution in [0.3, 0.4) is 0 Å². The van der Waals surface area contributed by atoms with E-state index < -0.39 is 0 Å². The fourth-order valence-corrected chi connectivity index (χ4v) is 3.30. The van der Waals surface area contributed by atoms with Gasteiger partial charge in [0.2, 0.25) is 0 Å². The van der Waals surface area contributed by atoms with Crippen molar-refractivity contribution < 1.29 is 0 Å². The largest absolute Gasteiger partial charge is 0.363 e. The van der Waals surface area contributed by atoms with E-state index in [1.807, 2.05) is 22.7 Å². The third kappa shape index (κ3) is 1.78. The van der Waals surface area contributed by atoms with Gasteiger partial charge in [-0.3, -0.25) is 4.40 Å². The van der Waals surface area contributed by atoms with Crippen molar-refractivity contribution in [1.29, 1.82) is 0 Å². The summed E-state index contributed by atoms with van der Waals surface area (Å²) in [5.41, 5.74) is 3.57. The smallest absolute Gasteiger partial charge is 0.138 e. The van der Waals surface area contributed by atoms with Crippen LogP contribution in [0, 0.1) is 0 Å². The number of anilines is 1. The van der Waals surface area contributed by atoms with Crippen LogP contribution >= 0.6 is 11.6 Å².